The van der Waals surface area contributed by atoms with Gasteiger partial charge < -0.3 is 9.80 Å². The maximum atomic E-state index is 13.2. The largest absolute Gasteiger partial charge is 0.353 e. The van der Waals surface area contributed by atoms with Crippen molar-refractivity contribution in [1.29, 1.82) is 0 Å². The Kier molecular flexibility index (Phi) is 5.86. The summed E-state index contributed by atoms with van der Waals surface area (Å²) in [5.74, 6) is 1.75. The van der Waals surface area contributed by atoms with Gasteiger partial charge in [-0.1, -0.05) is 18.2 Å². The first-order chi connectivity index (χ1) is 16.1. The molecule has 1 aromatic carbocycles. The Hall–Kier alpha value is -3.24. The fourth-order valence-electron chi connectivity index (χ4n) is 4.10. The maximum Gasteiger partial charge on any atom is 0.265 e. The average molecular weight is 481 g/mol. The standard InChI is InChI=1S/C23H24N6O2S2/c1-2-29(18-6-4-3-5-7-18)33(30,31)19-8-9-21(24-16-19)27-11-13-28(14-12-27)22-20-10-15-32-23(20)26-17-25-22/h3-10,15-17H,2,11-14H2,1H3. The van der Waals surface area contributed by atoms with Gasteiger partial charge in [0.2, 0.25) is 0 Å². The van der Waals surface area contributed by atoms with Crippen molar-refractivity contribution in [3.05, 3.63) is 66.4 Å². The number of rotatable bonds is 6. The van der Waals surface area contributed by atoms with Gasteiger partial charge in [0.05, 0.1) is 11.1 Å². The quantitative estimate of drug-likeness (QED) is 0.417. The number of pyridine rings is 1. The van der Waals surface area contributed by atoms with Crippen LogP contribution >= 0.6 is 11.3 Å². The van der Waals surface area contributed by atoms with Crippen LogP contribution in [0.1, 0.15) is 6.92 Å². The number of fused-ring (bicyclic) bond motifs is 1. The highest BCUT2D eigenvalue weighted by atomic mass is 32.2. The molecule has 0 radical (unpaired) electrons. The molecule has 10 heteroatoms. The van der Waals surface area contributed by atoms with Gasteiger partial charge in [-0.3, -0.25) is 4.31 Å². The Morgan fingerprint density at radius 1 is 0.939 bits per heavy atom. The van der Waals surface area contributed by atoms with E-state index in [1.165, 1.54) is 10.5 Å². The summed E-state index contributed by atoms with van der Waals surface area (Å²) in [6.45, 7) is 5.34. The molecule has 0 saturated carbocycles. The van der Waals surface area contributed by atoms with Crippen molar-refractivity contribution in [2.45, 2.75) is 11.8 Å². The number of nitrogens with zero attached hydrogens (tertiary/aromatic N) is 6. The van der Waals surface area contributed by atoms with Crippen LogP contribution in [0.2, 0.25) is 0 Å². The molecule has 1 aliphatic heterocycles. The Balaban J connectivity index is 1.30. The monoisotopic (exact) mass is 480 g/mol. The van der Waals surface area contributed by atoms with Crippen LogP contribution in [0.25, 0.3) is 10.2 Å². The van der Waals surface area contributed by atoms with Crippen molar-refractivity contribution in [3.63, 3.8) is 0 Å². The summed E-state index contributed by atoms with van der Waals surface area (Å²) in [4.78, 5) is 19.0. The number of anilines is 3. The number of thiophene rings is 1. The molecule has 8 nitrogen and oxygen atoms in total. The first-order valence-corrected chi connectivity index (χ1v) is 13.1. The van der Waals surface area contributed by atoms with Gasteiger partial charge in [-0.15, -0.1) is 11.3 Å². The SMILES string of the molecule is CCN(c1ccccc1)S(=O)(=O)c1ccc(N2CCN(c3ncnc4sccc34)CC2)nc1. The summed E-state index contributed by atoms with van der Waals surface area (Å²) in [6.07, 6.45) is 3.08. The van der Waals surface area contributed by atoms with Crippen molar-refractivity contribution in [3.8, 4) is 0 Å². The van der Waals surface area contributed by atoms with Gasteiger partial charge in [-0.25, -0.2) is 23.4 Å². The third-order valence-electron chi connectivity index (χ3n) is 5.78. The van der Waals surface area contributed by atoms with Gasteiger partial charge in [-0.05, 0) is 42.6 Å². The zero-order valence-electron chi connectivity index (χ0n) is 18.2. The molecule has 1 saturated heterocycles. The molecule has 0 N–H and O–H groups in total. The Morgan fingerprint density at radius 2 is 1.70 bits per heavy atom. The summed E-state index contributed by atoms with van der Waals surface area (Å²) in [7, 11) is -3.68. The fourth-order valence-corrected chi connectivity index (χ4v) is 6.25. The molecule has 33 heavy (non-hydrogen) atoms. The van der Waals surface area contributed by atoms with E-state index in [0.29, 0.717) is 12.2 Å². The first-order valence-electron chi connectivity index (χ1n) is 10.8. The second kappa shape index (κ2) is 8.95. The van der Waals surface area contributed by atoms with Crippen molar-refractivity contribution in [1.82, 2.24) is 15.0 Å². The topological polar surface area (TPSA) is 82.5 Å². The lowest BCUT2D eigenvalue weighted by molar-refractivity contribution is 0.591. The van der Waals surface area contributed by atoms with Crippen LogP contribution in [0, 0.1) is 0 Å². The molecule has 3 aromatic heterocycles. The summed E-state index contributed by atoms with van der Waals surface area (Å²) in [6, 6.07) is 14.6. The van der Waals surface area contributed by atoms with E-state index in [1.54, 1.807) is 41.9 Å². The van der Waals surface area contributed by atoms with Crippen LogP contribution in [-0.4, -0.2) is 56.1 Å². The highest BCUT2D eigenvalue weighted by Crippen LogP contribution is 2.28. The predicted octanol–water partition coefficient (Wildman–Crippen LogP) is 3.63. The Labute approximate surface area is 197 Å². The lowest BCUT2D eigenvalue weighted by Crippen LogP contribution is -2.47. The molecule has 0 amide bonds. The Bertz CT molecular complexity index is 1330. The number of para-hydroxylation sites is 1. The predicted molar refractivity (Wildman–Crippen MR) is 133 cm³/mol. The second-order valence-corrected chi connectivity index (χ2v) is 10.4. The number of piperazine rings is 1. The van der Waals surface area contributed by atoms with E-state index >= 15 is 0 Å². The number of sulfonamides is 1. The average Bonchev–Trinajstić information content (AvgIpc) is 3.34. The molecule has 4 aromatic rings. The molecule has 0 aliphatic carbocycles. The van der Waals surface area contributed by atoms with Crippen LogP contribution in [0.3, 0.4) is 0 Å². The zero-order chi connectivity index (χ0) is 22.8. The first kappa shape index (κ1) is 21.6. The molecule has 0 bridgehead atoms. The minimum Gasteiger partial charge on any atom is -0.353 e. The number of aromatic nitrogens is 3. The summed E-state index contributed by atoms with van der Waals surface area (Å²) < 4.78 is 27.8. The smallest absolute Gasteiger partial charge is 0.265 e. The van der Waals surface area contributed by atoms with Gasteiger partial charge in [0.25, 0.3) is 10.0 Å². The van der Waals surface area contributed by atoms with E-state index in [4.69, 9.17) is 0 Å². The van der Waals surface area contributed by atoms with E-state index < -0.39 is 10.0 Å². The molecular weight excluding hydrogens is 456 g/mol. The molecule has 5 rings (SSSR count). The molecular formula is C23H24N6O2S2. The molecule has 0 atom stereocenters. The van der Waals surface area contributed by atoms with Crippen LogP contribution in [0.5, 0.6) is 0 Å². The highest BCUT2D eigenvalue weighted by Gasteiger charge is 2.25. The van der Waals surface area contributed by atoms with Gasteiger partial charge in [-0.2, -0.15) is 0 Å². The molecule has 0 unspecified atom stereocenters. The van der Waals surface area contributed by atoms with Gasteiger partial charge >= 0.3 is 0 Å². The third-order valence-corrected chi connectivity index (χ3v) is 8.49. The lowest BCUT2D eigenvalue weighted by Gasteiger charge is -2.36. The summed E-state index contributed by atoms with van der Waals surface area (Å²) in [5, 5.41) is 3.12. The lowest BCUT2D eigenvalue weighted by atomic mass is 10.2. The third kappa shape index (κ3) is 4.11. The second-order valence-electron chi connectivity index (χ2n) is 7.67. The van der Waals surface area contributed by atoms with E-state index in [0.717, 1.165) is 48.0 Å². The molecule has 0 spiro atoms. The normalized spacial score (nSPS) is 14.6. The number of hydrogen-bond donors (Lipinski definition) is 0. The molecule has 1 aliphatic rings. The van der Waals surface area contributed by atoms with Gasteiger partial charge in [0.1, 0.15) is 27.7 Å². The molecule has 170 valence electrons. The van der Waals surface area contributed by atoms with Crippen molar-refractivity contribution >= 4 is 48.9 Å². The number of benzene rings is 1. The van der Waals surface area contributed by atoms with E-state index in [2.05, 4.69) is 30.8 Å². The van der Waals surface area contributed by atoms with E-state index in [-0.39, 0.29) is 4.90 Å². The molecule has 4 heterocycles. The van der Waals surface area contributed by atoms with Crippen molar-refractivity contribution in [2.24, 2.45) is 0 Å². The van der Waals surface area contributed by atoms with E-state index in [9.17, 15) is 8.42 Å². The van der Waals surface area contributed by atoms with Gasteiger partial charge in [0, 0.05) is 38.9 Å². The van der Waals surface area contributed by atoms with Crippen LogP contribution in [0.15, 0.2) is 71.3 Å². The highest BCUT2D eigenvalue weighted by molar-refractivity contribution is 7.92. The fraction of sp³-hybridized carbons (Fsp3) is 0.261. The minimum atomic E-state index is -3.68. The van der Waals surface area contributed by atoms with Crippen LogP contribution in [-0.2, 0) is 10.0 Å². The van der Waals surface area contributed by atoms with Crippen molar-refractivity contribution < 1.29 is 8.42 Å². The minimum absolute atomic E-state index is 0.191. The molecule has 1 fully saturated rings. The van der Waals surface area contributed by atoms with Crippen LogP contribution in [0.4, 0.5) is 17.3 Å². The van der Waals surface area contributed by atoms with E-state index in [1.807, 2.05) is 30.5 Å². The summed E-state index contributed by atoms with van der Waals surface area (Å²) >= 11 is 1.62. The zero-order valence-corrected chi connectivity index (χ0v) is 19.8. The number of hydrogen-bond acceptors (Lipinski definition) is 8. The van der Waals surface area contributed by atoms with Crippen molar-refractivity contribution in [2.75, 3.05) is 46.8 Å². The summed E-state index contributed by atoms with van der Waals surface area (Å²) in [5.41, 5.74) is 0.643. The van der Waals surface area contributed by atoms with Crippen LogP contribution < -0.4 is 14.1 Å². The maximum absolute atomic E-state index is 13.2. The van der Waals surface area contributed by atoms with Gasteiger partial charge in [0.15, 0.2) is 0 Å². The Morgan fingerprint density at radius 3 is 2.39 bits per heavy atom.